The van der Waals surface area contributed by atoms with Crippen molar-refractivity contribution in [3.05, 3.63) is 12.2 Å². The molecule has 2 heteroatoms. The normalized spacial score (nSPS) is 11.5. The van der Waals surface area contributed by atoms with Crippen LogP contribution in [0.4, 0.5) is 0 Å². The van der Waals surface area contributed by atoms with Crippen LogP contribution >= 0.6 is 0 Å². The smallest absolute Gasteiger partial charge is 0.305 e. The van der Waals surface area contributed by atoms with E-state index in [2.05, 4.69) is 26.0 Å². The Kier molecular flexibility index (Phi) is 31.5. The van der Waals surface area contributed by atoms with E-state index < -0.39 is 0 Å². The maximum absolute atomic E-state index is 11.9. The Morgan fingerprint density at radius 3 is 1.19 bits per heavy atom. The molecule has 0 aliphatic heterocycles. The van der Waals surface area contributed by atoms with Crippen molar-refractivity contribution in [2.75, 3.05) is 6.61 Å². The largest absolute Gasteiger partial charge is 0.466 e. The minimum absolute atomic E-state index is 0.0193. The molecule has 0 bridgehead atoms. The van der Waals surface area contributed by atoms with E-state index in [4.69, 9.17) is 4.74 Å². The van der Waals surface area contributed by atoms with Crippen LogP contribution in [0, 0.1) is 0 Å². The summed E-state index contributed by atoms with van der Waals surface area (Å²) in [4.78, 5) is 11.9. The molecule has 0 aromatic heterocycles. The van der Waals surface area contributed by atoms with Crippen LogP contribution in [0.3, 0.4) is 0 Å². The van der Waals surface area contributed by atoms with Gasteiger partial charge in [0.1, 0.15) is 0 Å². The van der Waals surface area contributed by atoms with Crippen molar-refractivity contribution >= 4 is 5.97 Å². The zero-order chi connectivity index (χ0) is 26.2. The number of carbonyl (C=O) groups is 1. The van der Waals surface area contributed by atoms with Gasteiger partial charge in [0.05, 0.1) is 6.61 Å². The molecule has 0 N–H and O–H groups in total. The van der Waals surface area contributed by atoms with Crippen LogP contribution in [-0.4, -0.2) is 12.6 Å². The fraction of sp³-hybridized carbons (Fsp3) is 0.912. The minimum atomic E-state index is 0.0193. The number of rotatable bonds is 30. The summed E-state index contributed by atoms with van der Waals surface area (Å²) in [7, 11) is 0. The number of hydrogen-bond acceptors (Lipinski definition) is 2. The standard InChI is InChI=1S/C34H66O2/c1-3-5-7-9-11-13-15-17-18-19-20-21-22-24-26-28-30-32-34(35)36-33-31-29-27-25-23-16-14-12-10-8-6-4-2/h17-18H,3-16,19-33H2,1-2H3. The highest BCUT2D eigenvalue weighted by atomic mass is 16.5. The van der Waals surface area contributed by atoms with Gasteiger partial charge in [0, 0.05) is 6.42 Å². The Morgan fingerprint density at radius 1 is 0.444 bits per heavy atom. The highest BCUT2D eigenvalue weighted by Gasteiger charge is 2.02. The molecular weight excluding hydrogens is 440 g/mol. The molecule has 0 aliphatic carbocycles. The molecule has 0 fully saturated rings. The van der Waals surface area contributed by atoms with Gasteiger partial charge in [-0.2, -0.15) is 0 Å². The van der Waals surface area contributed by atoms with Crippen LogP contribution in [-0.2, 0) is 9.53 Å². The Labute approximate surface area is 227 Å². The highest BCUT2D eigenvalue weighted by Crippen LogP contribution is 2.13. The molecule has 0 radical (unpaired) electrons. The number of ether oxygens (including phenoxy) is 1. The molecule has 0 rings (SSSR count). The Balaban J connectivity index is 3.18. The van der Waals surface area contributed by atoms with Gasteiger partial charge in [-0.3, -0.25) is 4.79 Å². The molecule has 0 spiro atoms. The maximum atomic E-state index is 11.9. The van der Waals surface area contributed by atoms with Crippen LogP contribution in [0.15, 0.2) is 12.2 Å². The molecule has 0 aromatic rings. The first-order valence-electron chi connectivity index (χ1n) is 16.6. The molecule has 0 aromatic carbocycles. The topological polar surface area (TPSA) is 26.3 Å². The Hall–Kier alpha value is -0.790. The summed E-state index contributed by atoms with van der Waals surface area (Å²) in [5.74, 6) is 0.0193. The fourth-order valence-electron chi connectivity index (χ4n) is 4.89. The molecule has 214 valence electrons. The predicted octanol–water partition coefficient (Wildman–Crippen LogP) is 12.0. The highest BCUT2D eigenvalue weighted by molar-refractivity contribution is 5.69. The molecule has 0 saturated carbocycles. The first kappa shape index (κ1) is 35.2. The molecule has 0 amide bonds. The van der Waals surface area contributed by atoms with Crippen molar-refractivity contribution in [2.45, 2.75) is 194 Å². The summed E-state index contributed by atoms with van der Waals surface area (Å²) in [6.45, 7) is 5.19. The van der Waals surface area contributed by atoms with E-state index in [1.807, 2.05) is 0 Å². The second-order valence-corrected chi connectivity index (χ2v) is 11.2. The SMILES string of the molecule is CCCCCCCCC=CCCCCCCCCCC(=O)OCCCCCCCCCCCCCC. The van der Waals surface area contributed by atoms with Crippen LogP contribution in [0.5, 0.6) is 0 Å². The van der Waals surface area contributed by atoms with Crippen molar-refractivity contribution < 1.29 is 9.53 Å². The van der Waals surface area contributed by atoms with Gasteiger partial charge in [0.25, 0.3) is 0 Å². The van der Waals surface area contributed by atoms with Gasteiger partial charge in [0.2, 0.25) is 0 Å². The van der Waals surface area contributed by atoms with E-state index in [1.54, 1.807) is 0 Å². The molecule has 0 unspecified atom stereocenters. The van der Waals surface area contributed by atoms with Gasteiger partial charge in [-0.1, -0.05) is 161 Å². The summed E-state index contributed by atoms with van der Waals surface area (Å²) in [5, 5.41) is 0. The number of carbonyl (C=O) groups excluding carboxylic acids is 1. The lowest BCUT2D eigenvalue weighted by Gasteiger charge is -2.05. The van der Waals surface area contributed by atoms with Crippen molar-refractivity contribution in [1.29, 1.82) is 0 Å². The number of esters is 1. The van der Waals surface area contributed by atoms with Crippen LogP contribution < -0.4 is 0 Å². The van der Waals surface area contributed by atoms with Crippen LogP contribution in [0.25, 0.3) is 0 Å². The van der Waals surface area contributed by atoms with Gasteiger partial charge >= 0.3 is 5.97 Å². The molecule has 0 aliphatic rings. The van der Waals surface area contributed by atoms with Gasteiger partial charge in [-0.05, 0) is 38.5 Å². The van der Waals surface area contributed by atoms with E-state index in [0.29, 0.717) is 13.0 Å². The van der Waals surface area contributed by atoms with E-state index >= 15 is 0 Å². The monoisotopic (exact) mass is 507 g/mol. The van der Waals surface area contributed by atoms with Crippen LogP contribution in [0.1, 0.15) is 194 Å². The lowest BCUT2D eigenvalue weighted by atomic mass is 10.1. The summed E-state index contributed by atoms with van der Waals surface area (Å²) in [6, 6.07) is 0. The van der Waals surface area contributed by atoms with Crippen molar-refractivity contribution in [1.82, 2.24) is 0 Å². The quantitative estimate of drug-likeness (QED) is 0.0550. The molecular formula is C34H66O2. The zero-order valence-electron chi connectivity index (χ0n) is 25.0. The second kappa shape index (κ2) is 32.2. The number of allylic oxidation sites excluding steroid dienone is 2. The van der Waals surface area contributed by atoms with E-state index in [0.717, 1.165) is 12.8 Å². The summed E-state index contributed by atoms with van der Waals surface area (Å²) >= 11 is 0. The van der Waals surface area contributed by atoms with Gasteiger partial charge in [0.15, 0.2) is 0 Å². The van der Waals surface area contributed by atoms with E-state index in [-0.39, 0.29) is 5.97 Å². The third kappa shape index (κ3) is 31.2. The van der Waals surface area contributed by atoms with Crippen LogP contribution in [0.2, 0.25) is 0 Å². The Bertz CT molecular complexity index is 442. The molecule has 2 nitrogen and oxygen atoms in total. The third-order valence-electron chi connectivity index (χ3n) is 7.40. The Morgan fingerprint density at radius 2 is 0.778 bits per heavy atom. The average molecular weight is 507 g/mol. The van der Waals surface area contributed by atoms with Gasteiger partial charge in [-0.25, -0.2) is 0 Å². The maximum Gasteiger partial charge on any atom is 0.305 e. The molecule has 36 heavy (non-hydrogen) atoms. The lowest BCUT2D eigenvalue weighted by molar-refractivity contribution is -0.143. The van der Waals surface area contributed by atoms with Crippen molar-refractivity contribution in [3.63, 3.8) is 0 Å². The van der Waals surface area contributed by atoms with E-state index in [1.165, 1.54) is 161 Å². The lowest BCUT2D eigenvalue weighted by Crippen LogP contribution is -2.05. The number of hydrogen-bond donors (Lipinski definition) is 0. The molecule has 0 heterocycles. The van der Waals surface area contributed by atoms with Gasteiger partial charge in [-0.15, -0.1) is 0 Å². The van der Waals surface area contributed by atoms with E-state index in [9.17, 15) is 4.79 Å². The first-order chi connectivity index (χ1) is 17.8. The molecule has 0 atom stereocenters. The summed E-state index contributed by atoms with van der Waals surface area (Å²) in [6.07, 6.45) is 41.2. The third-order valence-corrected chi connectivity index (χ3v) is 7.40. The second-order valence-electron chi connectivity index (χ2n) is 11.2. The summed E-state index contributed by atoms with van der Waals surface area (Å²) in [5.41, 5.74) is 0. The van der Waals surface area contributed by atoms with Gasteiger partial charge < -0.3 is 4.74 Å². The minimum Gasteiger partial charge on any atom is -0.466 e. The number of unbranched alkanes of at least 4 members (excludes halogenated alkanes) is 24. The molecule has 0 saturated heterocycles. The summed E-state index contributed by atoms with van der Waals surface area (Å²) < 4.78 is 5.42. The van der Waals surface area contributed by atoms with Crippen molar-refractivity contribution in [3.8, 4) is 0 Å². The first-order valence-corrected chi connectivity index (χ1v) is 16.6. The van der Waals surface area contributed by atoms with Crippen molar-refractivity contribution in [2.24, 2.45) is 0 Å². The fourth-order valence-corrected chi connectivity index (χ4v) is 4.89. The predicted molar refractivity (Wildman–Crippen MR) is 161 cm³/mol. The average Bonchev–Trinajstić information content (AvgIpc) is 2.88. The zero-order valence-corrected chi connectivity index (χ0v) is 25.0.